The smallest absolute Gasteiger partial charge is 0.413 e. The van der Waals surface area contributed by atoms with Gasteiger partial charge in [-0.05, 0) is 49.6 Å². The summed E-state index contributed by atoms with van der Waals surface area (Å²) in [6, 6.07) is 14.9. The van der Waals surface area contributed by atoms with Crippen molar-refractivity contribution in [1.29, 1.82) is 5.53 Å². The fraction of sp³-hybridized carbons (Fsp3) is 0.320. The Hall–Kier alpha value is -3.63. The van der Waals surface area contributed by atoms with Crippen molar-refractivity contribution >= 4 is 40.9 Å². The van der Waals surface area contributed by atoms with Gasteiger partial charge in [0, 0.05) is 25.2 Å². The zero-order chi connectivity index (χ0) is 24.5. The van der Waals surface area contributed by atoms with Crippen LogP contribution in [0.1, 0.15) is 29.6 Å². The first-order valence-electron chi connectivity index (χ1n) is 11.6. The molecule has 2 heterocycles. The van der Waals surface area contributed by atoms with Crippen LogP contribution in [0.5, 0.6) is 0 Å². The molecule has 0 bridgehead atoms. The number of thiazole rings is 1. The summed E-state index contributed by atoms with van der Waals surface area (Å²) in [6.07, 6.45) is 2.67. The largest absolute Gasteiger partial charge is 0.446 e. The number of anilines is 2. The van der Waals surface area contributed by atoms with Crippen molar-refractivity contribution < 1.29 is 14.3 Å². The second-order valence-corrected chi connectivity index (χ2v) is 9.11. The summed E-state index contributed by atoms with van der Waals surface area (Å²) >= 11 is 1.48. The van der Waals surface area contributed by atoms with E-state index < -0.39 is 6.09 Å². The van der Waals surface area contributed by atoms with Crippen LogP contribution in [0, 0.1) is 5.53 Å². The summed E-state index contributed by atoms with van der Waals surface area (Å²) in [5.41, 5.74) is 11.7. The molecule has 4 rings (SSSR count). The number of nitrogens with zero attached hydrogens (tertiary/aromatic N) is 3. The first-order valence-corrected chi connectivity index (χ1v) is 12.4. The number of carbonyl (C=O) groups is 2. The van der Waals surface area contributed by atoms with Gasteiger partial charge in [-0.25, -0.2) is 15.3 Å². The average molecular weight is 493 g/mol. The van der Waals surface area contributed by atoms with E-state index >= 15 is 0 Å². The minimum absolute atomic E-state index is 0.110. The third-order valence-electron chi connectivity index (χ3n) is 5.88. The Morgan fingerprint density at radius 1 is 1.23 bits per heavy atom. The van der Waals surface area contributed by atoms with Gasteiger partial charge < -0.3 is 15.0 Å². The van der Waals surface area contributed by atoms with Crippen LogP contribution in [0.25, 0.3) is 10.4 Å². The molecule has 1 fully saturated rings. The van der Waals surface area contributed by atoms with Crippen molar-refractivity contribution in [3.05, 3.63) is 59.6 Å². The van der Waals surface area contributed by atoms with Gasteiger partial charge in [0.2, 0.25) is 0 Å². The van der Waals surface area contributed by atoms with Crippen LogP contribution < -0.4 is 10.6 Å². The molecule has 3 aromatic rings. The number of carbonyl (C=O) groups excluding carboxylic acids is 2. The van der Waals surface area contributed by atoms with Crippen molar-refractivity contribution in [3.8, 4) is 10.4 Å². The van der Waals surface area contributed by atoms with Gasteiger partial charge in [0.05, 0.1) is 16.1 Å². The Labute approximate surface area is 208 Å². The van der Waals surface area contributed by atoms with E-state index in [0.717, 1.165) is 67.9 Å². The second kappa shape index (κ2) is 12.2. The molecule has 0 spiro atoms. The summed E-state index contributed by atoms with van der Waals surface area (Å²) in [6.45, 7) is 3.39. The fourth-order valence-corrected chi connectivity index (χ4v) is 4.80. The lowest BCUT2D eigenvalue weighted by Crippen LogP contribution is -2.39. The predicted molar refractivity (Wildman–Crippen MR) is 137 cm³/mol. The number of aldehydes is 1. The number of amides is 1. The molecular weight excluding hydrogens is 464 g/mol. The molecule has 35 heavy (non-hydrogen) atoms. The van der Waals surface area contributed by atoms with Crippen molar-refractivity contribution in [2.24, 2.45) is 5.11 Å². The maximum Gasteiger partial charge on any atom is 0.413 e. The molecule has 0 aliphatic carbocycles. The molecule has 1 saturated heterocycles. The lowest BCUT2D eigenvalue weighted by molar-refractivity contribution is 0.0589. The number of hydrogen-bond donors (Lipinski definition) is 3. The summed E-state index contributed by atoms with van der Waals surface area (Å²) in [5.74, 6) is 0.526. The van der Waals surface area contributed by atoms with Gasteiger partial charge in [-0.15, -0.1) is 11.3 Å². The zero-order valence-corrected chi connectivity index (χ0v) is 20.1. The third-order valence-corrected chi connectivity index (χ3v) is 6.75. The molecular formula is C25H28N6O3S. The van der Waals surface area contributed by atoms with Crippen LogP contribution in [0.3, 0.4) is 0 Å². The number of rotatable bonds is 10. The summed E-state index contributed by atoms with van der Waals surface area (Å²) in [7, 11) is 0. The van der Waals surface area contributed by atoms with Crippen LogP contribution in [0.15, 0.2) is 59.2 Å². The molecule has 3 N–H and O–H groups in total. The van der Waals surface area contributed by atoms with E-state index in [1.54, 1.807) is 23.7 Å². The number of nitrogens with one attached hydrogen (secondary N) is 3. The molecule has 1 aromatic heterocycles. The zero-order valence-electron chi connectivity index (χ0n) is 19.3. The lowest BCUT2D eigenvalue weighted by Gasteiger charge is -2.31. The highest BCUT2D eigenvalue weighted by molar-refractivity contribution is 7.13. The Kier molecular flexibility index (Phi) is 8.53. The van der Waals surface area contributed by atoms with E-state index in [1.807, 2.05) is 30.3 Å². The molecule has 0 unspecified atom stereocenters. The lowest BCUT2D eigenvalue weighted by atomic mass is 10.1. The molecule has 182 valence electrons. The number of likely N-dealkylation sites (tertiary alicyclic amines) is 1. The fourth-order valence-electron chi connectivity index (χ4n) is 4.05. The van der Waals surface area contributed by atoms with Crippen LogP contribution in [0.4, 0.5) is 22.0 Å². The van der Waals surface area contributed by atoms with Crippen LogP contribution in [-0.2, 0) is 4.74 Å². The van der Waals surface area contributed by atoms with Crippen molar-refractivity contribution in [2.45, 2.75) is 25.4 Å². The van der Waals surface area contributed by atoms with E-state index in [4.69, 9.17) is 10.3 Å². The number of hydrogen-bond acceptors (Lipinski definition) is 9. The number of ether oxygens (including phenoxy) is 1. The van der Waals surface area contributed by atoms with Crippen LogP contribution in [-0.4, -0.2) is 54.5 Å². The third kappa shape index (κ3) is 6.71. The highest BCUT2D eigenvalue weighted by atomic mass is 32.1. The minimum Gasteiger partial charge on any atom is -0.446 e. The standard InChI is InChI=1S/C25H28N6O3S/c26-30-22-15-18(16-32)7-8-21(22)27-11-4-12-31-13-9-20(10-14-31)34-25(33)29-24-23(35-17-28-24)19-5-2-1-3-6-19/h1-3,5-8,15-17,20,26-27H,4,9-14H2,(H,29,33). The number of piperidine rings is 1. The highest BCUT2D eigenvalue weighted by Gasteiger charge is 2.23. The van der Waals surface area contributed by atoms with Crippen molar-refractivity contribution in [2.75, 3.05) is 36.8 Å². The van der Waals surface area contributed by atoms with E-state index in [0.29, 0.717) is 17.1 Å². The van der Waals surface area contributed by atoms with Crippen LogP contribution in [0.2, 0.25) is 0 Å². The quantitative estimate of drug-likeness (QED) is 0.187. The van der Waals surface area contributed by atoms with E-state index in [1.165, 1.54) is 11.3 Å². The van der Waals surface area contributed by atoms with Crippen LogP contribution >= 0.6 is 11.3 Å². The molecule has 0 atom stereocenters. The first-order chi connectivity index (χ1) is 17.2. The summed E-state index contributed by atoms with van der Waals surface area (Å²) in [4.78, 5) is 30.9. The van der Waals surface area contributed by atoms with Gasteiger partial charge in [-0.3, -0.25) is 10.1 Å². The summed E-state index contributed by atoms with van der Waals surface area (Å²) in [5, 5.41) is 9.58. The molecule has 0 radical (unpaired) electrons. The van der Waals surface area contributed by atoms with Gasteiger partial charge in [0.15, 0.2) is 5.82 Å². The highest BCUT2D eigenvalue weighted by Crippen LogP contribution is 2.31. The number of aromatic nitrogens is 1. The van der Waals surface area contributed by atoms with Gasteiger partial charge >= 0.3 is 6.09 Å². The first kappa shape index (κ1) is 24.5. The maximum absolute atomic E-state index is 12.5. The molecule has 1 aliphatic heterocycles. The predicted octanol–water partition coefficient (Wildman–Crippen LogP) is 5.80. The normalized spacial score (nSPS) is 14.3. The molecule has 0 saturated carbocycles. The monoisotopic (exact) mass is 492 g/mol. The van der Waals surface area contributed by atoms with Gasteiger partial charge in [0.1, 0.15) is 18.1 Å². The molecule has 10 heteroatoms. The molecule has 9 nitrogen and oxygen atoms in total. The van der Waals surface area contributed by atoms with Gasteiger partial charge in [-0.2, -0.15) is 5.11 Å². The van der Waals surface area contributed by atoms with E-state index in [2.05, 4.69) is 25.6 Å². The Balaban J connectivity index is 1.16. The SMILES string of the molecule is N=Nc1cc(C=O)ccc1NCCCN1CCC(OC(=O)Nc2ncsc2-c2ccccc2)CC1. The summed E-state index contributed by atoms with van der Waals surface area (Å²) < 4.78 is 5.65. The van der Waals surface area contributed by atoms with E-state index in [-0.39, 0.29) is 6.10 Å². The Morgan fingerprint density at radius 3 is 2.77 bits per heavy atom. The average Bonchev–Trinajstić information content (AvgIpc) is 3.36. The van der Waals surface area contributed by atoms with Gasteiger partial charge in [0.25, 0.3) is 0 Å². The van der Waals surface area contributed by atoms with Gasteiger partial charge in [-0.1, -0.05) is 30.3 Å². The second-order valence-electron chi connectivity index (χ2n) is 8.25. The number of benzene rings is 2. The Morgan fingerprint density at radius 2 is 2.03 bits per heavy atom. The topological polar surface area (TPSA) is 120 Å². The Bertz CT molecular complexity index is 1150. The van der Waals surface area contributed by atoms with Crippen molar-refractivity contribution in [1.82, 2.24) is 9.88 Å². The minimum atomic E-state index is -0.466. The molecule has 2 aromatic carbocycles. The van der Waals surface area contributed by atoms with E-state index in [9.17, 15) is 9.59 Å². The van der Waals surface area contributed by atoms with Crippen molar-refractivity contribution in [3.63, 3.8) is 0 Å². The molecule has 1 aliphatic rings. The molecule has 1 amide bonds. The maximum atomic E-state index is 12.5.